The van der Waals surface area contributed by atoms with E-state index in [9.17, 15) is 15.0 Å². The maximum atomic E-state index is 12.4. The largest absolute Gasteiger partial charge is 0.394 e. The van der Waals surface area contributed by atoms with Crippen molar-refractivity contribution in [2.24, 2.45) is 0 Å². The van der Waals surface area contributed by atoms with Crippen molar-refractivity contribution in [1.29, 1.82) is 0 Å². The number of hydrogen-bond donors (Lipinski definition) is 3. The third-order valence-electron chi connectivity index (χ3n) is 10.8. The molecule has 0 rings (SSSR count). The van der Waals surface area contributed by atoms with Crippen LogP contribution in [0.1, 0.15) is 226 Å². The number of allylic oxidation sites excluding steroid dienone is 15. The highest BCUT2D eigenvalue weighted by Crippen LogP contribution is 2.16. The number of amides is 1. The molecule has 0 heterocycles. The van der Waals surface area contributed by atoms with Crippen LogP contribution in [0.25, 0.3) is 0 Å². The van der Waals surface area contributed by atoms with E-state index in [-0.39, 0.29) is 12.5 Å². The summed E-state index contributed by atoms with van der Waals surface area (Å²) in [6.45, 7) is 4.15. The van der Waals surface area contributed by atoms with Crippen LogP contribution in [0.5, 0.6) is 0 Å². The van der Waals surface area contributed by atoms with Crippen LogP contribution in [0.4, 0.5) is 0 Å². The van der Waals surface area contributed by atoms with Gasteiger partial charge in [0, 0.05) is 6.42 Å². The number of nitrogens with one attached hydrogen (secondary N) is 1. The zero-order valence-electron chi connectivity index (χ0n) is 38.7. The van der Waals surface area contributed by atoms with Gasteiger partial charge in [0.1, 0.15) is 0 Å². The molecule has 1 amide bonds. The van der Waals surface area contributed by atoms with Crippen molar-refractivity contribution in [3.63, 3.8) is 0 Å². The normalized spacial score (nSPS) is 13.8. The fourth-order valence-electron chi connectivity index (χ4n) is 7.04. The van der Waals surface area contributed by atoms with Crippen molar-refractivity contribution in [3.05, 3.63) is 97.2 Å². The minimum absolute atomic E-state index is 0.158. The van der Waals surface area contributed by atoms with Gasteiger partial charge < -0.3 is 15.5 Å². The SMILES string of the molecule is CC/C=C\C/C=C\C/C=C\C/C=C\C/C=C\C/C=C\CCC(=O)NC(CO)C(O)/C=C/CC/C=C/CCCCCCCCCCCCCCCCCCCCCCCC. The maximum Gasteiger partial charge on any atom is 0.220 e. The Bertz CT molecular complexity index is 1110. The number of aliphatic hydroxyl groups is 2. The Kier molecular flexibility index (Phi) is 47.4. The molecule has 0 spiro atoms. The van der Waals surface area contributed by atoms with Gasteiger partial charge in [-0.05, 0) is 70.6 Å². The number of hydrogen-bond acceptors (Lipinski definition) is 3. The molecule has 0 fully saturated rings. The molecular weight excluding hydrogens is 723 g/mol. The molecule has 2 unspecified atom stereocenters. The molecule has 0 aromatic rings. The summed E-state index contributed by atoms with van der Waals surface area (Å²) in [6.07, 6.45) is 74.2. The van der Waals surface area contributed by atoms with E-state index >= 15 is 0 Å². The third kappa shape index (κ3) is 46.2. The molecule has 0 aliphatic heterocycles. The van der Waals surface area contributed by atoms with Crippen LogP contribution in [0.15, 0.2) is 97.2 Å². The number of carbonyl (C=O) groups is 1. The van der Waals surface area contributed by atoms with Crippen LogP contribution in [-0.2, 0) is 4.79 Å². The van der Waals surface area contributed by atoms with Crippen molar-refractivity contribution in [3.8, 4) is 0 Å². The molecule has 4 heteroatoms. The lowest BCUT2D eigenvalue weighted by Crippen LogP contribution is -2.45. The van der Waals surface area contributed by atoms with Crippen molar-refractivity contribution >= 4 is 5.91 Å². The van der Waals surface area contributed by atoms with Crippen LogP contribution in [-0.4, -0.2) is 34.9 Å². The topological polar surface area (TPSA) is 69.6 Å². The first-order valence-corrected chi connectivity index (χ1v) is 25.0. The highest BCUT2D eigenvalue weighted by Gasteiger charge is 2.17. The first kappa shape index (κ1) is 56.3. The minimum Gasteiger partial charge on any atom is -0.394 e. The predicted octanol–water partition coefficient (Wildman–Crippen LogP) is 16.2. The predicted molar refractivity (Wildman–Crippen MR) is 262 cm³/mol. The third-order valence-corrected chi connectivity index (χ3v) is 10.8. The smallest absolute Gasteiger partial charge is 0.220 e. The van der Waals surface area contributed by atoms with Gasteiger partial charge in [-0.2, -0.15) is 0 Å². The van der Waals surface area contributed by atoms with E-state index < -0.39 is 12.1 Å². The summed E-state index contributed by atoms with van der Waals surface area (Å²) < 4.78 is 0. The van der Waals surface area contributed by atoms with Gasteiger partial charge in [-0.3, -0.25) is 4.79 Å². The fourth-order valence-corrected chi connectivity index (χ4v) is 7.04. The summed E-state index contributed by atoms with van der Waals surface area (Å²) in [5.74, 6) is -0.158. The Hall–Kier alpha value is -2.69. The zero-order valence-corrected chi connectivity index (χ0v) is 38.7. The molecule has 0 aliphatic rings. The van der Waals surface area contributed by atoms with Gasteiger partial charge in [0.05, 0.1) is 18.8 Å². The van der Waals surface area contributed by atoms with E-state index in [1.54, 1.807) is 6.08 Å². The van der Waals surface area contributed by atoms with Gasteiger partial charge >= 0.3 is 0 Å². The molecule has 0 saturated carbocycles. The first-order chi connectivity index (χ1) is 29.2. The molecule has 2 atom stereocenters. The van der Waals surface area contributed by atoms with E-state index in [0.717, 1.165) is 57.8 Å². The summed E-state index contributed by atoms with van der Waals surface area (Å²) >= 11 is 0. The molecule has 0 aromatic carbocycles. The van der Waals surface area contributed by atoms with Crippen LogP contribution in [0, 0.1) is 0 Å². The van der Waals surface area contributed by atoms with Crippen LogP contribution in [0.2, 0.25) is 0 Å². The van der Waals surface area contributed by atoms with Crippen molar-refractivity contribution in [2.45, 2.75) is 238 Å². The molecule has 0 saturated heterocycles. The standard InChI is InChI=1S/C55H95NO3/c1-3-5-7-9-11-13-15-17-19-21-23-24-25-26-27-28-29-30-31-33-34-36-38-40-42-44-46-48-50-54(58)53(52-57)56-55(59)51-49-47-45-43-41-39-37-35-32-22-20-18-16-14-12-10-8-6-4-2/h6,8,12,14,18,20,32,35,39-42,45,47-48,50,53-54,57-58H,3-5,7,9-11,13,15-17,19,21-31,33-34,36-38,43-44,46,49,51-52H2,1-2H3,(H,56,59)/b8-6-,14-12-,20-18-,35-32-,41-39-,42-40+,47-45-,50-48+. The van der Waals surface area contributed by atoms with Crippen molar-refractivity contribution in [2.75, 3.05) is 6.61 Å². The average molecular weight is 818 g/mol. The summed E-state index contributed by atoms with van der Waals surface area (Å²) in [6, 6.07) is -0.687. The van der Waals surface area contributed by atoms with E-state index in [4.69, 9.17) is 0 Å². The molecule has 0 radical (unpaired) electrons. The summed E-state index contributed by atoms with van der Waals surface area (Å²) in [5, 5.41) is 23.0. The Morgan fingerprint density at radius 2 is 0.763 bits per heavy atom. The monoisotopic (exact) mass is 818 g/mol. The quantitative estimate of drug-likeness (QED) is 0.0424. The van der Waals surface area contributed by atoms with Gasteiger partial charge in [-0.15, -0.1) is 0 Å². The second-order valence-electron chi connectivity index (χ2n) is 16.5. The lowest BCUT2D eigenvalue weighted by molar-refractivity contribution is -0.122. The second kappa shape index (κ2) is 49.7. The van der Waals surface area contributed by atoms with E-state index in [1.165, 1.54) is 141 Å². The Morgan fingerprint density at radius 1 is 0.424 bits per heavy atom. The van der Waals surface area contributed by atoms with Crippen molar-refractivity contribution in [1.82, 2.24) is 5.32 Å². The summed E-state index contributed by atoms with van der Waals surface area (Å²) in [4.78, 5) is 12.4. The molecule has 59 heavy (non-hydrogen) atoms. The lowest BCUT2D eigenvalue weighted by Gasteiger charge is -2.19. The van der Waals surface area contributed by atoms with Gasteiger partial charge in [0.2, 0.25) is 5.91 Å². The Labute approximate surface area is 366 Å². The Balaban J connectivity index is 3.67. The first-order valence-electron chi connectivity index (χ1n) is 25.0. The van der Waals surface area contributed by atoms with E-state index in [2.05, 4.69) is 98.2 Å². The maximum absolute atomic E-state index is 12.4. The van der Waals surface area contributed by atoms with Gasteiger partial charge in [0.15, 0.2) is 0 Å². The van der Waals surface area contributed by atoms with Gasteiger partial charge in [-0.1, -0.05) is 246 Å². The summed E-state index contributed by atoms with van der Waals surface area (Å²) in [5.41, 5.74) is 0. The molecule has 3 N–H and O–H groups in total. The molecule has 0 aliphatic carbocycles. The van der Waals surface area contributed by atoms with Gasteiger partial charge in [0.25, 0.3) is 0 Å². The van der Waals surface area contributed by atoms with E-state index in [0.29, 0.717) is 12.8 Å². The molecular formula is C55H95NO3. The highest BCUT2D eigenvalue weighted by atomic mass is 16.3. The molecule has 338 valence electrons. The zero-order chi connectivity index (χ0) is 42.8. The minimum atomic E-state index is -0.900. The van der Waals surface area contributed by atoms with Crippen LogP contribution < -0.4 is 5.32 Å². The lowest BCUT2D eigenvalue weighted by atomic mass is 10.0. The van der Waals surface area contributed by atoms with Crippen LogP contribution >= 0.6 is 0 Å². The molecule has 0 aromatic heterocycles. The number of aliphatic hydroxyl groups excluding tert-OH is 2. The number of rotatable bonds is 44. The second-order valence-corrected chi connectivity index (χ2v) is 16.5. The average Bonchev–Trinajstić information content (AvgIpc) is 3.24. The number of unbranched alkanes of at least 4 members (excludes halogenated alkanes) is 23. The summed E-state index contributed by atoms with van der Waals surface area (Å²) in [7, 11) is 0. The fraction of sp³-hybridized carbons (Fsp3) is 0.691. The van der Waals surface area contributed by atoms with Crippen LogP contribution in [0.3, 0.4) is 0 Å². The molecule has 4 nitrogen and oxygen atoms in total. The number of carbonyl (C=O) groups excluding carboxylic acids is 1. The Morgan fingerprint density at radius 3 is 1.17 bits per heavy atom. The highest BCUT2D eigenvalue weighted by molar-refractivity contribution is 5.76. The van der Waals surface area contributed by atoms with Crippen molar-refractivity contribution < 1.29 is 15.0 Å². The van der Waals surface area contributed by atoms with Gasteiger partial charge in [-0.25, -0.2) is 0 Å². The van der Waals surface area contributed by atoms with E-state index in [1.807, 2.05) is 12.2 Å². The molecule has 0 bridgehead atoms.